The van der Waals surface area contributed by atoms with E-state index in [4.69, 9.17) is 9.84 Å². The molecular formula is C14H21NO3S. The molecule has 1 aromatic heterocycles. The van der Waals surface area contributed by atoms with E-state index in [9.17, 15) is 4.79 Å². The van der Waals surface area contributed by atoms with Crippen molar-refractivity contribution in [1.29, 1.82) is 0 Å². The first-order valence-corrected chi connectivity index (χ1v) is 7.63. The first kappa shape index (κ1) is 14.5. The maximum atomic E-state index is 10.9. The van der Waals surface area contributed by atoms with E-state index >= 15 is 0 Å². The highest BCUT2D eigenvalue weighted by molar-refractivity contribution is 7.14. The van der Waals surface area contributed by atoms with Gasteiger partial charge in [-0.25, -0.2) is 4.79 Å². The summed E-state index contributed by atoms with van der Waals surface area (Å²) >= 11 is 1.34. The number of aromatic carboxylic acids is 1. The van der Waals surface area contributed by atoms with Crippen LogP contribution in [0.25, 0.3) is 0 Å². The van der Waals surface area contributed by atoms with Crippen LogP contribution in [0.15, 0.2) is 6.07 Å². The minimum atomic E-state index is -0.838. The van der Waals surface area contributed by atoms with Crippen LogP contribution in [0.4, 0.5) is 0 Å². The standard InChI is InChI=1S/C14H21NO3S/c1-10-11(8-13(19-10)14(16)17)9-15-6-5-12-4-2-3-7-18-12/h8,12,15H,2-7,9H2,1H3,(H,16,17). The summed E-state index contributed by atoms with van der Waals surface area (Å²) in [6, 6.07) is 1.77. The largest absolute Gasteiger partial charge is 0.477 e. The van der Waals surface area contributed by atoms with E-state index in [1.807, 2.05) is 6.92 Å². The Morgan fingerprint density at radius 1 is 1.58 bits per heavy atom. The number of aryl methyl sites for hydroxylation is 1. The van der Waals surface area contributed by atoms with Crippen molar-refractivity contribution < 1.29 is 14.6 Å². The average molecular weight is 283 g/mol. The number of carbonyl (C=O) groups is 1. The Hall–Kier alpha value is -0.910. The average Bonchev–Trinajstić information content (AvgIpc) is 2.78. The predicted molar refractivity (Wildman–Crippen MR) is 75.9 cm³/mol. The lowest BCUT2D eigenvalue weighted by Gasteiger charge is -2.22. The highest BCUT2D eigenvalue weighted by Crippen LogP contribution is 2.21. The summed E-state index contributed by atoms with van der Waals surface area (Å²) in [6.07, 6.45) is 5.07. The summed E-state index contributed by atoms with van der Waals surface area (Å²) in [5.41, 5.74) is 1.09. The first-order chi connectivity index (χ1) is 9.16. The maximum Gasteiger partial charge on any atom is 0.345 e. The van der Waals surface area contributed by atoms with Gasteiger partial charge < -0.3 is 15.2 Å². The number of thiophene rings is 1. The van der Waals surface area contributed by atoms with Crippen LogP contribution >= 0.6 is 11.3 Å². The molecule has 2 rings (SSSR count). The Balaban J connectivity index is 1.71. The number of nitrogens with one attached hydrogen (secondary N) is 1. The lowest BCUT2D eigenvalue weighted by atomic mass is 10.1. The molecule has 1 fully saturated rings. The van der Waals surface area contributed by atoms with Crippen molar-refractivity contribution in [2.24, 2.45) is 0 Å². The van der Waals surface area contributed by atoms with Gasteiger partial charge in [0, 0.05) is 18.0 Å². The van der Waals surface area contributed by atoms with Gasteiger partial charge >= 0.3 is 5.97 Å². The van der Waals surface area contributed by atoms with Crippen LogP contribution in [0.5, 0.6) is 0 Å². The van der Waals surface area contributed by atoms with E-state index in [0.717, 1.165) is 36.6 Å². The molecule has 1 saturated heterocycles. The number of hydrogen-bond acceptors (Lipinski definition) is 4. The van der Waals surface area contributed by atoms with Crippen molar-refractivity contribution in [2.45, 2.75) is 45.3 Å². The van der Waals surface area contributed by atoms with Crippen LogP contribution in [0.1, 0.15) is 45.8 Å². The number of carboxylic acid groups (broad SMARTS) is 1. The Labute approximate surface area is 117 Å². The zero-order chi connectivity index (χ0) is 13.7. The zero-order valence-corrected chi connectivity index (χ0v) is 12.1. The second-order valence-electron chi connectivity index (χ2n) is 4.95. The van der Waals surface area contributed by atoms with E-state index in [0.29, 0.717) is 11.0 Å². The summed E-state index contributed by atoms with van der Waals surface area (Å²) in [5, 5.41) is 12.3. The van der Waals surface area contributed by atoms with E-state index < -0.39 is 5.97 Å². The molecular weight excluding hydrogens is 262 g/mol. The van der Waals surface area contributed by atoms with Gasteiger partial charge in [-0.3, -0.25) is 0 Å². The third kappa shape index (κ3) is 4.30. The van der Waals surface area contributed by atoms with Gasteiger partial charge in [-0.2, -0.15) is 0 Å². The molecule has 2 heterocycles. The highest BCUT2D eigenvalue weighted by Gasteiger charge is 2.14. The molecule has 1 aliphatic rings. The smallest absolute Gasteiger partial charge is 0.345 e. The van der Waals surface area contributed by atoms with Crippen LogP contribution in [0.3, 0.4) is 0 Å². The van der Waals surface area contributed by atoms with Crippen LogP contribution in [-0.4, -0.2) is 30.3 Å². The van der Waals surface area contributed by atoms with Crippen molar-refractivity contribution in [2.75, 3.05) is 13.2 Å². The van der Waals surface area contributed by atoms with Crippen molar-refractivity contribution in [3.8, 4) is 0 Å². The molecule has 0 amide bonds. The fourth-order valence-corrected chi connectivity index (χ4v) is 3.20. The molecule has 4 nitrogen and oxygen atoms in total. The number of ether oxygens (including phenoxy) is 1. The molecule has 1 aromatic rings. The van der Waals surface area contributed by atoms with Gasteiger partial charge in [0.15, 0.2) is 0 Å². The number of hydrogen-bond donors (Lipinski definition) is 2. The molecule has 0 radical (unpaired) electrons. The molecule has 5 heteroatoms. The lowest BCUT2D eigenvalue weighted by molar-refractivity contribution is 0.0115. The fraction of sp³-hybridized carbons (Fsp3) is 0.643. The third-order valence-corrected chi connectivity index (χ3v) is 4.54. The highest BCUT2D eigenvalue weighted by atomic mass is 32.1. The summed E-state index contributed by atoms with van der Waals surface area (Å²) in [4.78, 5) is 12.4. The SMILES string of the molecule is Cc1sc(C(=O)O)cc1CNCCC1CCCCO1. The molecule has 0 aromatic carbocycles. The van der Waals surface area contributed by atoms with Crippen LogP contribution in [-0.2, 0) is 11.3 Å². The van der Waals surface area contributed by atoms with Gasteiger partial charge in [0.1, 0.15) is 4.88 Å². The maximum absolute atomic E-state index is 10.9. The topological polar surface area (TPSA) is 58.6 Å². The molecule has 0 bridgehead atoms. The minimum Gasteiger partial charge on any atom is -0.477 e. The predicted octanol–water partition coefficient (Wildman–Crippen LogP) is 2.80. The van der Waals surface area contributed by atoms with E-state index in [1.165, 1.54) is 30.6 Å². The Morgan fingerprint density at radius 2 is 2.42 bits per heavy atom. The van der Waals surface area contributed by atoms with Gasteiger partial charge in [-0.1, -0.05) is 0 Å². The van der Waals surface area contributed by atoms with Crippen LogP contribution in [0, 0.1) is 6.92 Å². The third-order valence-electron chi connectivity index (χ3n) is 3.46. The number of rotatable bonds is 6. The van der Waals surface area contributed by atoms with Gasteiger partial charge in [0.05, 0.1) is 6.10 Å². The Bertz CT molecular complexity index is 424. The van der Waals surface area contributed by atoms with E-state index in [1.54, 1.807) is 6.07 Å². The minimum absolute atomic E-state index is 0.402. The van der Waals surface area contributed by atoms with Gasteiger partial charge in [0.2, 0.25) is 0 Å². The number of carboxylic acids is 1. The summed E-state index contributed by atoms with van der Waals surface area (Å²) in [6.45, 7) is 4.53. The van der Waals surface area contributed by atoms with E-state index in [-0.39, 0.29) is 0 Å². The molecule has 2 N–H and O–H groups in total. The second-order valence-corrected chi connectivity index (χ2v) is 6.21. The molecule has 0 spiro atoms. The molecule has 1 atom stereocenters. The summed E-state index contributed by atoms with van der Waals surface area (Å²) in [5.74, 6) is -0.838. The van der Waals surface area contributed by atoms with Gasteiger partial charge in [0.25, 0.3) is 0 Å². The summed E-state index contributed by atoms with van der Waals surface area (Å²) in [7, 11) is 0. The van der Waals surface area contributed by atoms with Gasteiger partial charge in [-0.15, -0.1) is 11.3 Å². The quantitative estimate of drug-likeness (QED) is 0.788. The lowest BCUT2D eigenvalue weighted by Crippen LogP contribution is -2.25. The monoisotopic (exact) mass is 283 g/mol. The van der Waals surface area contributed by atoms with E-state index in [2.05, 4.69) is 5.32 Å². The molecule has 0 saturated carbocycles. The van der Waals surface area contributed by atoms with Gasteiger partial charge in [-0.05, 0) is 50.8 Å². The first-order valence-electron chi connectivity index (χ1n) is 6.81. The van der Waals surface area contributed by atoms with Crippen molar-refractivity contribution >= 4 is 17.3 Å². The zero-order valence-electron chi connectivity index (χ0n) is 11.3. The molecule has 19 heavy (non-hydrogen) atoms. The van der Waals surface area contributed by atoms with Crippen molar-refractivity contribution in [3.05, 3.63) is 21.4 Å². The Kier molecular flexibility index (Phi) is 5.36. The van der Waals surface area contributed by atoms with Crippen molar-refractivity contribution in [1.82, 2.24) is 5.32 Å². The van der Waals surface area contributed by atoms with Crippen molar-refractivity contribution in [3.63, 3.8) is 0 Å². The Morgan fingerprint density at radius 3 is 3.05 bits per heavy atom. The molecule has 1 aliphatic heterocycles. The second kappa shape index (κ2) is 7.03. The molecule has 0 aliphatic carbocycles. The summed E-state index contributed by atoms with van der Waals surface area (Å²) < 4.78 is 5.67. The molecule has 1 unspecified atom stereocenters. The van der Waals surface area contributed by atoms with Crippen LogP contribution in [0.2, 0.25) is 0 Å². The normalized spacial score (nSPS) is 19.5. The van der Waals surface area contributed by atoms with Crippen LogP contribution < -0.4 is 5.32 Å². The fourth-order valence-electron chi connectivity index (χ4n) is 2.32. The molecule has 106 valence electrons.